The van der Waals surface area contributed by atoms with Crippen LogP contribution >= 0.6 is 27.3 Å². The lowest BCUT2D eigenvalue weighted by molar-refractivity contribution is 1.29. The molecule has 0 atom stereocenters. The molecule has 2 aromatic carbocycles. The van der Waals surface area contributed by atoms with Gasteiger partial charge in [0, 0.05) is 16.2 Å². The molecule has 0 aliphatic heterocycles. The third-order valence-corrected chi connectivity index (χ3v) is 4.79. The van der Waals surface area contributed by atoms with Gasteiger partial charge in [0.15, 0.2) is 4.96 Å². The minimum atomic E-state index is 1.02. The molecule has 0 bridgehead atoms. The highest BCUT2D eigenvalue weighted by Crippen LogP contribution is 2.33. The largest absolute Gasteiger partial charge is 0.288 e. The summed E-state index contributed by atoms with van der Waals surface area (Å²) in [7, 11) is 0. The molecule has 0 aliphatic rings. The number of imidazole rings is 1. The maximum Gasteiger partial charge on any atom is 0.195 e. The van der Waals surface area contributed by atoms with Crippen molar-refractivity contribution in [2.45, 2.75) is 0 Å². The maximum absolute atomic E-state index is 4.72. The number of fused-ring (bicyclic) bond motifs is 3. The lowest BCUT2D eigenvalue weighted by Crippen LogP contribution is -1.78. The zero-order chi connectivity index (χ0) is 12.8. The molecule has 0 radical (unpaired) electrons. The summed E-state index contributed by atoms with van der Waals surface area (Å²) in [6.07, 6.45) is 2.11. The van der Waals surface area contributed by atoms with Gasteiger partial charge in [0.1, 0.15) is 0 Å². The van der Waals surface area contributed by atoms with Crippen LogP contribution in [-0.2, 0) is 0 Å². The predicted octanol–water partition coefficient (Wildman–Crippen LogP) is 4.98. The van der Waals surface area contributed by atoms with Crippen LogP contribution in [0.4, 0.5) is 0 Å². The smallest absolute Gasteiger partial charge is 0.195 e. The number of hydrogen-bond donors (Lipinski definition) is 0. The van der Waals surface area contributed by atoms with E-state index in [4.69, 9.17) is 4.98 Å². The molecule has 0 N–H and O–H groups in total. The quantitative estimate of drug-likeness (QED) is 0.481. The summed E-state index contributed by atoms with van der Waals surface area (Å²) in [5.41, 5.74) is 3.36. The monoisotopic (exact) mass is 328 g/mol. The summed E-state index contributed by atoms with van der Waals surface area (Å²) in [6, 6.07) is 16.5. The number of nitrogens with zero attached hydrogens (tertiary/aromatic N) is 2. The molecule has 4 aromatic rings. The van der Waals surface area contributed by atoms with Gasteiger partial charge in [-0.05, 0) is 28.1 Å². The molecule has 0 saturated carbocycles. The Labute approximate surface area is 122 Å². The van der Waals surface area contributed by atoms with Crippen LogP contribution in [-0.4, -0.2) is 9.38 Å². The van der Waals surface area contributed by atoms with Crippen LogP contribution in [0, 0.1) is 0 Å². The van der Waals surface area contributed by atoms with Crippen LogP contribution in [0.2, 0.25) is 0 Å². The molecule has 0 spiro atoms. The van der Waals surface area contributed by atoms with Crippen LogP contribution < -0.4 is 0 Å². The van der Waals surface area contributed by atoms with Crippen molar-refractivity contribution in [2.75, 3.05) is 0 Å². The molecule has 0 saturated heterocycles. The van der Waals surface area contributed by atoms with E-state index in [1.807, 2.05) is 18.2 Å². The van der Waals surface area contributed by atoms with Crippen molar-refractivity contribution in [2.24, 2.45) is 0 Å². The first-order valence-electron chi connectivity index (χ1n) is 5.94. The highest BCUT2D eigenvalue weighted by Gasteiger charge is 2.11. The normalized spacial score (nSPS) is 11.4. The number of thiazole rings is 1. The van der Waals surface area contributed by atoms with Gasteiger partial charge in [-0.1, -0.05) is 47.7 Å². The maximum atomic E-state index is 4.72. The fourth-order valence-electron chi connectivity index (χ4n) is 2.25. The number of hydrogen-bond acceptors (Lipinski definition) is 2. The van der Waals surface area contributed by atoms with Crippen molar-refractivity contribution < 1.29 is 0 Å². The number of benzene rings is 2. The molecule has 92 valence electrons. The SMILES string of the molecule is Brc1cccc2sc3nc(-c4ccccc4)cn3c12. The van der Waals surface area contributed by atoms with Gasteiger partial charge in [0.05, 0.1) is 15.9 Å². The fourth-order valence-corrected chi connectivity index (χ4v) is 3.98. The number of aromatic nitrogens is 2. The molecular formula is C15H9BrN2S. The minimum Gasteiger partial charge on any atom is -0.288 e. The first-order valence-corrected chi connectivity index (χ1v) is 7.55. The summed E-state index contributed by atoms with van der Waals surface area (Å²) in [5.74, 6) is 0. The Morgan fingerprint density at radius 2 is 1.84 bits per heavy atom. The number of rotatable bonds is 1. The Balaban J connectivity index is 2.03. The van der Waals surface area contributed by atoms with E-state index in [-0.39, 0.29) is 0 Å². The molecule has 0 unspecified atom stereocenters. The second-order valence-corrected chi connectivity index (χ2v) is 6.20. The Morgan fingerprint density at radius 1 is 1.00 bits per heavy atom. The Kier molecular flexibility index (Phi) is 2.47. The molecule has 19 heavy (non-hydrogen) atoms. The van der Waals surface area contributed by atoms with Crippen LogP contribution in [0.1, 0.15) is 0 Å². The van der Waals surface area contributed by atoms with E-state index < -0.39 is 0 Å². The summed E-state index contributed by atoms with van der Waals surface area (Å²) in [4.78, 5) is 5.75. The molecule has 4 heteroatoms. The second-order valence-electron chi connectivity index (χ2n) is 4.33. The third-order valence-electron chi connectivity index (χ3n) is 3.14. The lowest BCUT2D eigenvalue weighted by atomic mass is 10.2. The molecule has 0 fully saturated rings. The van der Waals surface area contributed by atoms with Crippen LogP contribution in [0.5, 0.6) is 0 Å². The van der Waals surface area contributed by atoms with E-state index in [0.717, 1.165) is 20.7 Å². The predicted molar refractivity (Wildman–Crippen MR) is 83.7 cm³/mol. The Morgan fingerprint density at radius 3 is 2.68 bits per heavy atom. The Bertz CT molecular complexity index is 877. The molecular weight excluding hydrogens is 320 g/mol. The average Bonchev–Trinajstić information content (AvgIpc) is 2.97. The molecule has 0 aliphatic carbocycles. The van der Waals surface area contributed by atoms with Crippen molar-refractivity contribution in [3.63, 3.8) is 0 Å². The van der Waals surface area contributed by atoms with Gasteiger partial charge in [-0.2, -0.15) is 0 Å². The van der Waals surface area contributed by atoms with Crippen molar-refractivity contribution in [3.8, 4) is 11.3 Å². The van der Waals surface area contributed by atoms with Gasteiger partial charge >= 0.3 is 0 Å². The molecule has 2 heterocycles. The second kappa shape index (κ2) is 4.18. The van der Waals surface area contributed by atoms with E-state index in [2.05, 4.69) is 56.9 Å². The molecule has 0 amide bonds. The van der Waals surface area contributed by atoms with E-state index >= 15 is 0 Å². The lowest BCUT2D eigenvalue weighted by Gasteiger charge is -1.95. The van der Waals surface area contributed by atoms with Crippen molar-refractivity contribution >= 4 is 42.4 Å². The van der Waals surface area contributed by atoms with E-state index in [0.29, 0.717) is 0 Å². The van der Waals surface area contributed by atoms with E-state index in [1.165, 1.54) is 10.2 Å². The van der Waals surface area contributed by atoms with Crippen LogP contribution in [0.15, 0.2) is 59.2 Å². The number of halogens is 1. The first kappa shape index (κ1) is 11.2. The van der Waals surface area contributed by atoms with E-state index in [9.17, 15) is 0 Å². The molecule has 4 rings (SSSR count). The highest BCUT2D eigenvalue weighted by molar-refractivity contribution is 9.10. The van der Waals surface area contributed by atoms with Gasteiger partial charge in [-0.25, -0.2) is 4.98 Å². The summed E-state index contributed by atoms with van der Waals surface area (Å²) >= 11 is 5.33. The topological polar surface area (TPSA) is 17.3 Å². The third kappa shape index (κ3) is 1.71. The average molecular weight is 329 g/mol. The Hall–Kier alpha value is -1.65. The highest BCUT2D eigenvalue weighted by atomic mass is 79.9. The standard InChI is InChI=1S/C15H9BrN2S/c16-11-7-4-8-13-14(11)18-9-12(17-15(18)19-13)10-5-2-1-3-6-10/h1-9H. The zero-order valence-electron chi connectivity index (χ0n) is 9.88. The molecule has 2 nitrogen and oxygen atoms in total. The van der Waals surface area contributed by atoms with Gasteiger partial charge in [-0.15, -0.1) is 0 Å². The van der Waals surface area contributed by atoms with Gasteiger partial charge in [0.2, 0.25) is 0 Å². The minimum absolute atomic E-state index is 1.02. The van der Waals surface area contributed by atoms with Crippen molar-refractivity contribution in [1.29, 1.82) is 0 Å². The number of para-hydroxylation sites is 1. The summed E-state index contributed by atoms with van der Waals surface area (Å²) in [6.45, 7) is 0. The first-order chi connectivity index (χ1) is 9.33. The summed E-state index contributed by atoms with van der Waals surface area (Å²) in [5, 5.41) is 0. The van der Waals surface area contributed by atoms with Gasteiger partial charge in [-0.3, -0.25) is 4.40 Å². The van der Waals surface area contributed by atoms with E-state index in [1.54, 1.807) is 11.3 Å². The van der Waals surface area contributed by atoms with Crippen molar-refractivity contribution in [3.05, 3.63) is 59.2 Å². The zero-order valence-corrected chi connectivity index (χ0v) is 12.3. The fraction of sp³-hybridized carbons (Fsp3) is 0. The summed E-state index contributed by atoms with van der Waals surface area (Å²) < 4.78 is 4.51. The van der Waals surface area contributed by atoms with Gasteiger partial charge in [0.25, 0.3) is 0 Å². The van der Waals surface area contributed by atoms with Gasteiger partial charge < -0.3 is 0 Å². The molecule has 2 aromatic heterocycles. The van der Waals surface area contributed by atoms with Crippen LogP contribution in [0.3, 0.4) is 0 Å². The van der Waals surface area contributed by atoms with Crippen LogP contribution in [0.25, 0.3) is 26.4 Å². The van der Waals surface area contributed by atoms with Crippen molar-refractivity contribution in [1.82, 2.24) is 9.38 Å².